The van der Waals surface area contributed by atoms with Crippen LogP contribution in [0.15, 0.2) is 54.2 Å². The van der Waals surface area contributed by atoms with Gasteiger partial charge < -0.3 is 26.0 Å². The standard InChI is InChI=1S/C24H27FN4O3/c1-14(2)13-29-22(15(11-26)12-27-3)21(17-6-4-5-7-18(17)24(29)32)23(31)28-16-8-9-19(25)20(30)10-16/h4-12,14,21-22,26-27,30H,13H2,1-3H3,(H,28,31)/b15-12+,26-11?/t21-,22+/m0/s1. The Hall–Kier alpha value is -3.68. The maximum Gasteiger partial charge on any atom is 0.254 e. The summed E-state index contributed by atoms with van der Waals surface area (Å²) in [6.07, 6.45) is 2.75. The van der Waals surface area contributed by atoms with Gasteiger partial charge in [-0.2, -0.15) is 0 Å². The van der Waals surface area contributed by atoms with Crippen molar-refractivity contribution < 1.29 is 19.1 Å². The van der Waals surface area contributed by atoms with Crippen LogP contribution in [0.4, 0.5) is 10.1 Å². The number of phenolic OH excluding ortho intramolecular Hbond substituents is 1. The van der Waals surface area contributed by atoms with Gasteiger partial charge in [-0.3, -0.25) is 9.59 Å². The van der Waals surface area contributed by atoms with Crippen molar-refractivity contribution in [2.45, 2.75) is 25.8 Å². The molecule has 2 atom stereocenters. The summed E-state index contributed by atoms with van der Waals surface area (Å²) in [6, 6.07) is 9.77. The molecular weight excluding hydrogens is 411 g/mol. The summed E-state index contributed by atoms with van der Waals surface area (Å²) in [5.41, 5.74) is 1.68. The predicted molar refractivity (Wildman–Crippen MR) is 121 cm³/mol. The molecule has 2 aromatic rings. The van der Waals surface area contributed by atoms with Crippen LogP contribution in [0.2, 0.25) is 0 Å². The molecule has 0 bridgehead atoms. The average Bonchev–Trinajstić information content (AvgIpc) is 2.76. The number of amides is 2. The predicted octanol–water partition coefficient (Wildman–Crippen LogP) is 3.49. The molecule has 0 saturated heterocycles. The lowest BCUT2D eigenvalue weighted by Gasteiger charge is -2.42. The number of hydrogen-bond donors (Lipinski definition) is 4. The van der Waals surface area contributed by atoms with E-state index in [2.05, 4.69) is 10.6 Å². The average molecular weight is 439 g/mol. The summed E-state index contributed by atoms with van der Waals surface area (Å²) in [5, 5.41) is 23.3. The molecule has 1 aliphatic heterocycles. The number of phenols is 1. The van der Waals surface area contributed by atoms with Gasteiger partial charge in [-0.1, -0.05) is 32.0 Å². The molecule has 0 aliphatic carbocycles. The van der Waals surface area contributed by atoms with E-state index in [1.54, 1.807) is 42.4 Å². The third kappa shape index (κ3) is 4.49. The normalized spacial score (nSPS) is 18.3. The Morgan fingerprint density at radius 2 is 2.00 bits per heavy atom. The Morgan fingerprint density at radius 1 is 1.28 bits per heavy atom. The van der Waals surface area contributed by atoms with Gasteiger partial charge >= 0.3 is 0 Å². The summed E-state index contributed by atoms with van der Waals surface area (Å²) in [6.45, 7) is 4.36. The van der Waals surface area contributed by atoms with Crippen molar-refractivity contribution in [2.75, 3.05) is 18.9 Å². The molecule has 2 aromatic carbocycles. The Kier molecular flexibility index (Phi) is 6.92. The monoisotopic (exact) mass is 438 g/mol. The van der Waals surface area contributed by atoms with E-state index in [1.165, 1.54) is 6.07 Å². The Balaban J connectivity index is 2.14. The number of carbonyl (C=O) groups is 2. The van der Waals surface area contributed by atoms with Crippen molar-refractivity contribution >= 4 is 23.7 Å². The van der Waals surface area contributed by atoms with Crippen molar-refractivity contribution in [3.63, 3.8) is 0 Å². The van der Waals surface area contributed by atoms with Gasteiger partial charge in [0.25, 0.3) is 5.91 Å². The van der Waals surface area contributed by atoms with Crippen LogP contribution in [-0.2, 0) is 4.79 Å². The Bertz CT molecular complexity index is 1070. The van der Waals surface area contributed by atoms with Crippen molar-refractivity contribution in [3.05, 3.63) is 71.2 Å². The molecule has 0 fully saturated rings. The number of rotatable bonds is 7. The summed E-state index contributed by atoms with van der Waals surface area (Å²) < 4.78 is 13.5. The van der Waals surface area contributed by atoms with Gasteiger partial charge in [-0.15, -0.1) is 0 Å². The number of halogens is 1. The summed E-state index contributed by atoms with van der Waals surface area (Å²) in [5.74, 6) is -2.69. The zero-order chi connectivity index (χ0) is 23.4. The first kappa shape index (κ1) is 23.0. The molecule has 168 valence electrons. The van der Waals surface area contributed by atoms with Gasteiger partial charge in [0.2, 0.25) is 5.91 Å². The minimum absolute atomic E-state index is 0.131. The number of nitrogens with one attached hydrogen (secondary N) is 3. The Morgan fingerprint density at radius 3 is 2.62 bits per heavy atom. The third-order valence-electron chi connectivity index (χ3n) is 5.32. The van der Waals surface area contributed by atoms with Crippen LogP contribution in [0.3, 0.4) is 0 Å². The van der Waals surface area contributed by atoms with Crippen LogP contribution in [-0.4, -0.2) is 47.7 Å². The maximum absolute atomic E-state index is 13.6. The van der Waals surface area contributed by atoms with Crippen LogP contribution in [0, 0.1) is 17.1 Å². The molecule has 1 aliphatic rings. The second-order valence-electron chi connectivity index (χ2n) is 8.09. The number of fused-ring (bicyclic) bond motifs is 1. The highest BCUT2D eigenvalue weighted by molar-refractivity contribution is 6.05. The second-order valence-corrected chi connectivity index (χ2v) is 8.09. The lowest BCUT2D eigenvalue weighted by molar-refractivity contribution is -0.118. The molecule has 7 nitrogen and oxygen atoms in total. The molecule has 2 amide bonds. The molecule has 1 heterocycles. The number of benzene rings is 2. The van der Waals surface area contributed by atoms with E-state index in [-0.39, 0.29) is 17.5 Å². The SMILES string of the molecule is CN/C=C(\C=N)[C@@H]1[C@@H](C(=O)Nc2ccc(F)c(O)c2)c2ccccc2C(=O)N1CC(C)C. The third-order valence-corrected chi connectivity index (χ3v) is 5.32. The molecule has 32 heavy (non-hydrogen) atoms. The number of aromatic hydroxyl groups is 1. The highest BCUT2D eigenvalue weighted by Gasteiger charge is 2.44. The summed E-state index contributed by atoms with van der Waals surface area (Å²) >= 11 is 0. The number of anilines is 1. The first-order chi connectivity index (χ1) is 15.3. The fraction of sp³-hybridized carbons (Fsp3) is 0.292. The highest BCUT2D eigenvalue weighted by atomic mass is 19.1. The van der Waals surface area contributed by atoms with Gasteiger partial charge in [0, 0.05) is 48.9 Å². The van der Waals surface area contributed by atoms with E-state index in [9.17, 15) is 19.1 Å². The first-order valence-corrected chi connectivity index (χ1v) is 10.4. The van der Waals surface area contributed by atoms with E-state index in [0.29, 0.717) is 23.2 Å². The number of nitrogens with zero attached hydrogens (tertiary/aromatic N) is 1. The minimum Gasteiger partial charge on any atom is -0.505 e. The van der Waals surface area contributed by atoms with E-state index in [1.807, 2.05) is 13.8 Å². The zero-order valence-corrected chi connectivity index (χ0v) is 18.2. The number of carbonyl (C=O) groups excluding carboxylic acids is 2. The van der Waals surface area contributed by atoms with Crippen LogP contribution < -0.4 is 10.6 Å². The molecule has 0 radical (unpaired) electrons. The first-order valence-electron chi connectivity index (χ1n) is 10.4. The summed E-state index contributed by atoms with van der Waals surface area (Å²) in [7, 11) is 1.69. The second kappa shape index (κ2) is 9.64. The fourth-order valence-electron chi connectivity index (χ4n) is 4.03. The van der Waals surface area contributed by atoms with Gasteiger partial charge in [0.05, 0.1) is 12.0 Å². The molecule has 8 heteroatoms. The van der Waals surface area contributed by atoms with E-state index in [4.69, 9.17) is 5.41 Å². The van der Waals surface area contributed by atoms with E-state index >= 15 is 0 Å². The smallest absolute Gasteiger partial charge is 0.254 e. The van der Waals surface area contributed by atoms with Gasteiger partial charge in [-0.25, -0.2) is 4.39 Å². The topological polar surface area (TPSA) is 106 Å². The van der Waals surface area contributed by atoms with Crippen LogP contribution in [0.1, 0.15) is 35.7 Å². The Labute approximate surface area is 186 Å². The lowest BCUT2D eigenvalue weighted by atomic mass is 9.79. The quantitative estimate of drug-likeness (QED) is 0.497. The van der Waals surface area contributed by atoms with Crippen molar-refractivity contribution in [2.24, 2.45) is 5.92 Å². The van der Waals surface area contributed by atoms with Gasteiger partial charge in [-0.05, 0) is 29.7 Å². The molecule has 4 N–H and O–H groups in total. The van der Waals surface area contributed by atoms with Crippen molar-refractivity contribution in [1.29, 1.82) is 5.41 Å². The van der Waals surface area contributed by atoms with E-state index < -0.39 is 29.4 Å². The molecular formula is C24H27FN4O3. The van der Waals surface area contributed by atoms with Crippen LogP contribution >= 0.6 is 0 Å². The molecule has 0 saturated carbocycles. The maximum atomic E-state index is 13.6. The highest BCUT2D eigenvalue weighted by Crippen LogP contribution is 2.38. The van der Waals surface area contributed by atoms with Crippen molar-refractivity contribution in [3.8, 4) is 5.75 Å². The van der Waals surface area contributed by atoms with Crippen LogP contribution in [0.25, 0.3) is 0 Å². The van der Waals surface area contributed by atoms with Crippen LogP contribution in [0.5, 0.6) is 5.75 Å². The van der Waals surface area contributed by atoms with Gasteiger partial charge in [0.15, 0.2) is 11.6 Å². The van der Waals surface area contributed by atoms with E-state index in [0.717, 1.165) is 18.3 Å². The molecule has 0 unspecified atom stereocenters. The van der Waals surface area contributed by atoms with Crippen molar-refractivity contribution in [1.82, 2.24) is 10.2 Å². The van der Waals surface area contributed by atoms with Gasteiger partial charge in [0.1, 0.15) is 0 Å². The minimum atomic E-state index is -0.823. The molecule has 0 aromatic heterocycles. The zero-order valence-electron chi connectivity index (χ0n) is 18.2. The molecule has 3 rings (SSSR count). The lowest BCUT2D eigenvalue weighted by Crippen LogP contribution is -2.53. The molecule has 0 spiro atoms. The summed E-state index contributed by atoms with van der Waals surface area (Å²) in [4.78, 5) is 28.6. The largest absolute Gasteiger partial charge is 0.505 e. The number of hydrogen-bond acceptors (Lipinski definition) is 5. The fourth-order valence-corrected chi connectivity index (χ4v) is 4.03.